The number of nitro groups is 1. The molecule has 1 amide bonds. The Morgan fingerprint density at radius 2 is 2.00 bits per heavy atom. The van der Waals surface area contributed by atoms with Crippen LogP contribution in [0.15, 0.2) is 36.4 Å². The lowest BCUT2D eigenvalue weighted by molar-refractivity contribution is -0.385. The van der Waals surface area contributed by atoms with Crippen molar-refractivity contribution in [2.24, 2.45) is 0 Å². The molecule has 0 aromatic heterocycles. The van der Waals surface area contributed by atoms with Crippen molar-refractivity contribution < 1.29 is 14.1 Å². The summed E-state index contributed by atoms with van der Waals surface area (Å²) in [5.74, 6) is -1.47. The van der Waals surface area contributed by atoms with Crippen LogP contribution in [0.4, 0.5) is 15.8 Å². The Morgan fingerprint density at radius 3 is 2.62 bits per heavy atom. The van der Waals surface area contributed by atoms with E-state index in [0.717, 1.165) is 12.1 Å². The maximum atomic E-state index is 13.1. The van der Waals surface area contributed by atoms with Crippen LogP contribution in [0.1, 0.15) is 10.4 Å². The van der Waals surface area contributed by atoms with Crippen molar-refractivity contribution in [2.75, 3.05) is 5.32 Å². The fourth-order valence-corrected chi connectivity index (χ4v) is 2.63. The van der Waals surface area contributed by atoms with Crippen molar-refractivity contribution in [1.29, 1.82) is 0 Å². The van der Waals surface area contributed by atoms with Crippen molar-refractivity contribution in [3.05, 3.63) is 66.5 Å². The minimum atomic E-state index is -0.801. The summed E-state index contributed by atoms with van der Waals surface area (Å²) in [6.45, 7) is 0. The van der Waals surface area contributed by atoms with Crippen LogP contribution in [0.2, 0.25) is 5.02 Å². The summed E-state index contributed by atoms with van der Waals surface area (Å²) >= 11 is 7.78. The second-order valence-electron chi connectivity index (χ2n) is 4.00. The smallest absolute Gasteiger partial charge is 0.285 e. The van der Waals surface area contributed by atoms with E-state index in [2.05, 4.69) is 5.32 Å². The lowest BCUT2D eigenvalue weighted by Gasteiger charge is -2.08. The molecule has 0 spiro atoms. The molecular formula is C13H7ClFIN2O3. The minimum absolute atomic E-state index is 0.216. The zero-order valence-corrected chi connectivity index (χ0v) is 13.2. The van der Waals surface area contributed by atoms with Crippen LogP contribution in [0.25, 0.3) is 0 Å². The predicted molar refractivity (Wildman–Crippen MR) is 85.2 cm³/mol. The highest BCUT2D eigenvalue weighted by molar-refractivity contribution is 14.1. The van der Waals surface area contributed by atoms with E-state index in [1.54, 1.807) is 18.2 Å². The zero-order chi connectivity index (χ0) is 15.6. The van der Waals surface area contributed by atoms with E-state index < -0.39 is 22.3 Å². The maximum Gasteiger partial charge on any atom is 0.285 e. The Hall–Kier alpha value is -1.74. The van der Waals surface area contributed by atoms with Gasteiger partial charge in [0.05, 0.1) is 16.7 Å². The number of carbonyl (C=O) groups excluding carboxylic acids is 1. The Balaban J connectivity index is 2.34. The van der Waals surface area contributed by atoms with E-state index >= 15 is 0 Å². The largest absolute Gasteiger partial charge is 0.321 e. The third-order valence-electron chi connectivity index (χ3n) is 2.58. The monoisotopic (exact) mass is 420 g/mol. The normalized spacial score (nSPS) is 10.2. The van der Waals surface area contributed by atoms with Crippen molar-refractivity contribution >= 4 is 51.5 Å². The molecule has 2 aromatic carbocycles. The first-order chi connectivity index (χ1) is 9.88. The van der Waals surface area contributed by atoms with Crippen molar-refractivity contribution in [1.82, 2.24) is 0 Å². The van der Waals surface area contributed by atoms with Gasteiger partial charge in [0.25, 0.3) is 11.6 Å². The number of anilines is 1. The first-order valence-electron chi connectivity index (χ1n) is 5.59. The Morgan fingerprint density at radius 1 is 1.29 bits per heavy atom. The Labute approximate surface area is 137 Å². The molecule has 0 aliphatic rings. The van der Waals surface area contributed by atoms with Crippen molar-refractivity contribution in [3.8, 4) is 0 Å². The average Bonchev–Trinajstić information content (AvgIpc) is 2.41. The van der Waals surface area contributed by atoms with Crippen LogP contribution in [-0.4, -0.2) is 10.8 Å². The first kappa shape index (κ1) is 15.6. The molecule has 0 bridgehead atoms. The number of amides is 1. The molecule has 21 heavy (non-hydrogen) atoms. The van der Waals surface area contributed by atoms with Crippen molar-refractivity contribution in [2.45, 2.75) is 0 Å². The molecule has 5 nitrogen and oxygen atoms in total. The summed E-state index contributed by atoms with van der Waals surface area (Å²) < 4.78 is 13.7. The Kier molecular flexibility index (Phi) is 4.73. The van der Waals surface area contributed by atoms with E-state index in [9.17, 15) is 19.3 Å². The number of nitro benzene ring substituents is 1. The van der Waals surface area contributed by atoms with Gasteiger partial charge in [-0.2, -0.15) is 0 Å². The van der Waals surface area contributed by atoms with Gasteiger partial charge in [-0.15, -0.1) is 0 Å². The minimum Gasteiger partial charge on any atom is -0.321 e. The topological polar surface area (TPSA) is 72.2 Å². The number of benzene rings is 2. The summed E-state index contributed by atoms with van der Waals surface area (Å²) in [4.78, 5) is 22.2. The van der Waals surface area contributed by atoms with Gasteiger partial charge in [-0.05, 0) is 52.9 Å². The van der Waals surface area contributed by atoms with Gasteiger partial charge in [0.1, 0.15) is 11.4 Å². The average molecular weight is 421 g/mol. The van der Waals surface area contributed by atoms with E-state index in [1.807, 2.05) is 22.6 Å². The lowest BCUT2D eigenvalue weighted by atomic mass is 10.1. The van der Waals surface area contributed by atoms with Gasteiger partial charge in [0, 0.05) is 8.59 Å². The molecule has 8 heteroatoms. The van der Waals surface area contributed by atoms with E-state index in [0.29, 0.717) is 20.3 Å². The van der Waals surface area contributed by atoms with Crippen molar-refractivity contribution in [3.63, 3.8) is 0 Å². The molecule has 0 saturated heterocycles. The third kappa shape index (κ3) is 3.67. The van der Waals surface area contributed by atoms with Gasteiger partial charge >= 0.3 is 0 Å². The highest BCUT2D eigenvalue weighted by Crippen LogP contribution is 2.25. The summed E-state index contributed by atoms with van der Waals surface area (Å²) in [6.07, 6.45) is 0. The van der Waals surface area contributed by atoms with Crippen LogP contribution >= 0.6 is 34.2 Å². The van der Waals surface area contributed by atoms with Gasteiger partial charge in [-0.3, -0.25) is 14.9 Å². The molecule has 0 saturated carbocycles. The van der Waals surface area contributed by atoms with Crippen LogP contribution in [-0.2, 0) is 0 Å². The zero-order valence-electron chi connectivity index (χ0n) is 10.3. The summed E-state index contributed by atoms with van der Waals surface area (Å²) in [5, 5.41) is 13.9. The number of halogens is 3. The van der Waals surface area contributed by atoms with Crippen LogP contribution in [0.3, 0.4) is 0 Å². The molecule has 0 fully saturated rings. The number of rotatable bonds is 3. The molecule has 0 unspecified atom stereocenters. The van der Waals surface area contributed by atoms with Crippen LogP contribution < -0.4 is 5.32 Å². The second kappa shape index (κ2) is 6.35. The SMILES string of the molecule is O=C(Nc1ccc(Cl)cc1I)c1ccc(F)cc1[N+](=O)[O-]. The second-order valence-corrected chi connectivity index (χ2v) is 5.60. The van der Waals surface area contributed by atoms with Gasteiger partial charge in [0.2, 0.25) is 0 Å². The van der Waals surface area contributed by atoms with Crippen LogP contribution in [0, 0.1) is 19.5 Å². The molecule has 2 aromatic rings. The van der Waals surface area contributed by atoms with E-state index in [1.165, 1.54) is 0 Å². The molecule has 1 N–H and O–H groups in total. The highest BCUT2D eigenvalue weighted by Gasteiger charge is 2.21. The number of hydrogen-bond donors (Lipinski definition) is 1. The standard InChI is InChI=1S/C13H7ClFIN2O3/c14-7-1-4-11(10(16)5-7)17-13(19)9-3-2-8(15)6-12(9)18(20)21/h1-6H,(H,17,19). The van der Waals surface area contributed by atoms with Gasteiger partial charge in [-0.1, -0.05) is 11.6 Å². The predicted octanol–water partition coefficient (Wildman–Crippen LogP) is 4.24. The van der Waals surface area contributed by atoms with E-state index in [-0.39, 0.29) is 5.56 Å². The molecule has 0 atom stereocenters. The molecule has 108 valence electrons. The fraction of sp³-hybridized carbons (Fsp3) is 0. The number of hydrogen-bond acceptors (Lipinski definition) is 3. The molecule has 0 aliphatic heterocycles. The molecular weight excluding hydrogens is 414 g/mol. The highest BCUT2D eigenvalue weighted by atomic mass is 127. The Bertz CT molecular complexity index is 739. The quantitative estimate of drug-likeness (QED) is 0.458. The third-order valence-corrected chi connectivity index (χ3v) is 3.71. The summed E-state index contributed by atoms with van der Waals surface area (Å²) in [7, 11) is 0. The fourth-order valence-electron chi connectivity index (χ4n) is 1.63. The maximum absolute atomic E-state index is 13.1. The van der Waals surface area contributed by atoms with Gasteiger partial charge in [-0.25, -0.2) is 4.39 Å². The molecule has 0 radical (unpaired) electrons. The number of carbonyl (C=O) groups is 1. The molecule has 2 rings (SSSR count). The number of nitrogens with zero attached hydrogens (tertiary/aromatic N) is 1. The summed E-state index contributed by atoms with van der Waals surface area (Å²) in [6, 6.07) is 7.58. The number of nitrogens with one attached hydrogen (secondary N) is 1. The van der Waals surface area contributed by atoms with Gasteiger partial charge < -0.3 is 5.32 Å². The molecule has 0 heterocycles. The lowest BCUT2D eigenvalue weighted by Crippen LogP contribution is -2.14. The van der Waals surface area contributed by atoms with E-state index in [4.69, 9.17) is 11.6 Å². The van der Waals surface area contributed by atoms with Gasteiger partial charge in [0.15, 0.2) is 0 Å². The summed E-state index contributed by atoms with van der Waals surface area (Å²) in [5.41, 5.74) is -0.341. The molecule has 0 aliphatic carbocycles. The van der Waals surface area contributed by atoms with Crippen LogP contribution in [0.5, 0.6) is 0 Å². The first-order valence-corrected chi connectivity index (χ1v) is 7.04.